The Bertz CT molecular complexity index is 789. The monoisotopic (exact) mass is 281 g/mol. The van der Waals surface area contributed by atoms with Crippen molar-refractivity contribution >= 4 is 0 Å². The molecule has 0 fully saturated rings. The molecule has 1 aliphatic heterocycles. The standard InChI is InChI=1S/C15H15N5O/c1-2-19-13(7-8-16-19)15-18-17-14-10-21-9-11-5-3-4-6-12(11)20(14)15/h3-8H,2,9-10H2,1H3. The smallest absolute Gasteiger partial charge is 0.186 e. The van der Waals surface area contributed by atoms with E-state index in [2.05, 4.69) is 38.9 Å². The predicted octanol–water partition coefficient (Wildman–Crippen LogP) is 2.18. The minimum absolute atomic E-state index is 0.460. The van der Waals surface area contributed by atoms with Crippen LogP contribution in [0, 0.1) is 0 Å². The number of nitrogens with zero attached hydrogens (tertiary/aromatic N) is 5. The van der Waals surface area contributed by atoms with Gasteiger partial charge < -0.3 is 4.74 Å². The molecule has 3 aromatic rings. The van der Waals surface area contributed by atoms with Gasteiger partial charge in [-0.05, 0) is 19.1 Å². The van der Waals surface area contributed by atoms with Crippen LogP contribution >= 0.6 is 0 Å². The number of para-hydroxylation sites is 1. The lowest BCUT2D eigenvalue weighted by Gasteiger charge is -2.11. The second-order valence-corrected chi connectivity index (χ2v) is 4.93. The highest BCUT2D eigenvalue weighted by atomic mass is 16.5. The molecule has 0 saturated heterocycles. The molecule has 0 spiro atoms. The third-order valence-electron chi connectivity index (χ3n) is 3.70. The lowest BCUT2D eigenvalue weighted by Crippen LogP contribution is -2.06. The average Bonchev–Trinajstić information content (AvgIpc) is 3.10. The van der Waals surface area contributed by atoms with E-state index in [-0.39, 0.29) is 0 Å². The SMILES string of the molecule is CCn1nccc1-c1nnc2n1-c1ccccc1COC2. The fraction of sp³-hybridized carbons (Fsp3) is 0.267. The van der Waals surface area contributed by atoms with E-state index in [0.717, 1.165) is 35.1 Å². The molecule has 6 nitrogen and oxygen atoms in total. The van der Waals surface area contributed by atoms with Crippen molar-refractivity contribution in [1.82, 2.24) is 24.5 Å². The van der Waals surface area contributed by atoms with Crippen molar-refractivity contribution < 1.29 is 4.74 Å². The molecule has 0 unspecified atom stereocenters. The summed E-state index contributed by atoms with van der Waals surface area (Å²) in [5.41, 5.74) is 3.18. The van der Waals surface area contributed by atoms with E-state index in [1.807, 2.05) is 22.9 Å². The number of benzene rings is 1. The summed E-state index contributed by atoms with van der Waals surface area (Å²) >= 11 is 0. The molecule has 2 aromatic heterocycles. The molecular weight excluding hydrogens is 266 g/mol. The Balaban J connectivity index is 1.97. The third kappa shape index (κ3) is 1.87. The summed E-state index contributed by atoms with van der Waals surface area (Å²) in [6.45, 7) is 3.91. The molecule has 3 heterocycles. The van der Waals surface area contributed by atoms with Gasteiger partial charge in [0, 0.05) is 18.3 Å². The van der Waals surface area contributed by atoms with Crippen LogP contribution in [0.2, 0.25) is 0 Å². The number of aryl methyl sites for hydroxylation is 1. The van der Waals surface area contributed by atoms with E-state index in [1.165, 1.54) is 0 Å². The minimum Gasteiger partial charge on any atom is -0.369 e. The lowest BCUT2D eigenvalue weighted by atomic mass is 10.2. The molecule has 1 aromatic carbocycles. The Morgan fingerprint density at radius 3 is 2.95 bits per heavy atom. The molecule has 6 heteroatoms. The van der Waals surface area contributed by atoms with Crippen LogP contribution in [0.25, 0.3) is 17.2 Å². The molecule has 0 radical (unpaired) electrons. The number of hydrogen-bond donors (Lipinski definition) is 0. The van der Waals surface area contributed by atoms with Crippen molar-refractivity contribution in [3.05, 3.63) is 47.9 Å². The second kappa shape index (κ2) is 4.82. The van der Waals surface area contributed by atoms with Gasteiger partial charge in [-0.15, -0.1) is 10.2 Å². The number of aromatic nitrogens is 5. The van der Waals surface area contributed by atoms with Crippen molar-refractivity contribution in [3.63, 3.8) is 0 Å². The predicted molar refractivity (Wildman–Crippen MR) is 76.7 cm³/mol. The molecule has 1 aliphatic rings. The molecule has 0 N–H and O–H groups in total. The molecule has 106 valence electrons. The van der Waals surface area contributed by atoms with Crippen molar-refractivity contribution in [2.45, 2.75) is 26.7 Å². The zero-order valence-electron chi connectivity index (χ0n) is 11.7. The maximum Gasteiger partial charge on any atom is 0.186 e. The highest BCUT2D eigenvalue weighted by molar-refractivity contribution is 5.56. The Morgan fingerprint density at radius 1 is 1.14 bits per heavy atom. The Morgan fingerprint density at radius 2 is 2.05 bits per heavy atom. The molecule has 0 saturated carbocycles. The maximum absolute atomic E-state index is 5.69. The molecule has 0 bridgehead atoms. The highest BCUT2D eigenvalue weighted by Crippen LogP contribution is 2.28. The van der Waals surface area contributed by atoms with Gasteiger partial charge in [0.05, 0.1) is 12.3 Å². The second-order valence-electron chi connectivity index (χ2n) is 4.93. The normalized spacial score (nSPS) is 13.6. The van der Waals surface area contributed by atoms with E-state index >= 15 is 0 Å². The first-order chi connectivity index (χ1) is 10.4. The van der Waals surface area contributed by atoms with Gasteiger partial charge in [-0.2, -0.15) is 5.10 Å². The number of ether oxygens (including phenoxy) is 1. The van der Waals surface area contributed by atoms with Gasteiger partial charge in [-0.1, -0.05) is 18.2 Å². The Hall–Kier alpha value is -2.47. The summed E-state index contributed by atoms with van der Waals surface area (Å²) in [6.07, 6.45) is 1.79. The quantitative estimate of drug-likeness (QED) is 0.722. The van der Waals surface area contributed by atoms with Gasteiger partial charge in [-0.3, -0.25) is 9.25 Å². The summed E-state index contributed by atoms with van der Waals surface area (Å²) in [6, 6.07) is 10.2. The molecule has 0 aliphatic carbocycles. The van der Waals surface area contributed by atoms with Gasteiger partial charge in [0.1, 0.15) is 12.3 Å². The van der Waals surface area contributed by atoms with Crippen molar-refractivity contribution in [3.8, 4) is 17.2 Å². The summed E-state index contributed by atoms with van der Waals surface area (Å²) < 4.78 is 9.69. The third-order valence-corrected chi connectivity index (χ3v) is 3.70. The number of fused-ring (bicyclic) bond motifs is 3. The zero-order chi connectivity index (χ0) is 14.2. The summed E-state index contributed by atoms with van der Waals surface area (Å²) in [5, 5.41) is 13.0. The zero-order valence-corrected chi connectivity index (χ0v) is 11.7. The molecular formula is C15H15N5O. The maximum atomic E-state index is 5.69. The first-order valence-corrected chi connectivity index (χ1v) is 7.01. The van der Waals surface area contributed by atoms with E-state index < -0.39 is 0 Å². The van der Waals surface area contributed by atoms with E-state index in [1.54, 1.807) is 6.20 Å². The first kappa shape index (κ1) is 12.3. The number of hydrogen-bond acceptors (Lipinski definition) is 4. The van der Waals surface area contributed by atoms with Crippen LogP contribution in [0.1, 0.15) is 18.3 Å². The largest absolute Gasteiger partial charge is 0.369 e. The first-order valence-electron chi connectivity index (χ1n) is 7.01. The summed E-state index contributed by atoms with van der Waals surface area (Å²) in [7, 11) is 0. The van der Waals surface area contributed by atoms with Crippen molar-refractivity contribution in [2.75, 3.05) is 0 Å². The van der Waals surface area contributed by atoms with Gasteiger partial charge in [0.25, 0.3) is 0 Å². The van der Waals surface area contributed by atoms with Crippen molar-refractivity contribution in [2.24, 2.45) is 0 Å². The molecule has 0 atom stereocenters. The summed E-state index contributed by atoms with van der Waals surface area (Å²) in [4.78, 5) is 0. The molecule has 4 rings (SSSR count). The van der Waals surface area contributed by atoms with E-state index in [4.69, 9.17) is 4.74 Å². The van der Waals surface area contributed by atoms with Crippen LogP contribution in [0.5, 0.6) is 0 Å². The fourth-order valence-electron chi connectivity index (χ4n) is 2.71. The summed E-state index contributed by atoms with van der Waals surface area (Å²) in [5.74, 6) is 1.63. The Labute approximate surface area is 122 Å². The van der Waals surface area contributed by atoms with E-state index in [9.17, 15) is 0 Å². The van der Waals surface area contributed by atoms with Crippen molar-refractivity contribution in [1.29, 1.82) is 0 Å². The number of rotatable bonds is 2. The fourth-order valence-corrected chi connectivity index (χ4v) is 2.71. The molecule has 21 heavy (non-hydrogen) atoms. The molecule has 0 amide bonds. The van der Waals surface area contributed by atoms with E-state index in [0.29, 0.717) is 13.2 Å². The lowest BCUT2D eigenvalue weighted by molar-refractivity contribution is 0.105. The van der Waals surface area contributed by atoms with Crippen LogP contribution in [0.3, 0.4) is 0 Å². The van der Waals surface area contributed by atoms with Crippen LogP contribution in [-0.4, -0.2) is 24.5 Å². The topological polar surface area (TPSA) is 57.8 Å². The Kier molecular flexibility index (Phi) is 2.82. The van der Waals surface area contributed by atoms with Gasteiger partial charge in [0.15, 0.2) is 11.6 Å². The van der Waals surface area contributed by atoms with Gasteiger partial charge in [-0.25, -0.2) is 0 Å². The van der Waals surface area contributed by atoms with Gasteiger partial charge >= 0.3 is 0 Å². The minimum atomic E-state index is 0.460. The van der Waals surface area contributed by atoms with Crippen LogP contribution in [-0.2, 0) is 24.5 Å². The van der Waals surface area contributed by atoms with Crippen LogP contribution in [0.4, 0.5) is 0 Å². The van der Waals surface area contributed by atoms with Crippen LogP contribution in [0.15, 0.2) is 36.5 Å². The highest BCUT2D eigenvalue weighted by Gasteiger charge is 2.22. The van der Waals surface area contributed by atoms with Crippen LogP contribution < -0.4 is 0 Å². The average molecular weight is 281 g/mol. The van der Waals surface area contributed by atoms with Gasteiger partial charge in [0.2, 0.25) is 0 Å².